The third-order valence-electron chi connectivity index (χ3n) is 2.73. The zero-order valence-corrected chi connectivity index (χ0v) is 9.77. The molecule has 0 aliphatic carbocycles. The van der Waals surface area contributed by atoms with Gasteiger partial charge >= 0.3 is 0 Å². The molecule has 0 radical (unpaired) electrons. The molecule has 0 saturated carbocycles. The number of nitriles is 1. The molecule has 15 heavy (non-hydrogen) atoms. The number of rotatable bonds is 2. The fourth-order valence-corrected chi connectivity index (χ4v) is 3.11. The van der Waals surface area contributed by atoms with Crippen molar-refractivity contribution in [3.8, 4) is 6.07 Å². The monoisotopic (exact) mass is 215 g/mol. The number of thiophene rings is 1. The first-order valence-corrected chi connectivity index (χ1v) is 5.97. The Balaban J connectivity index is 2.69. The lowest BCUT2D eigenvalue weighted by atomic mass is 9.95. The third kappa shape index (κ3) is 1.64. The third-order valence-corrected chi connectivity index (χ3v) is 3.83. The van der Waals surface area contributed by atoms with Crippen LogP contribution in [0.25, 0.3) is 10.1 Å². The second-order valence-electron chi connectivity index (χ2n) is 3.66. The number of fused-ring (bicyclic) bond motifs is 1. The summed E-state index contributed by atoms with van der Waals surface area (Å²) in [7, 11) is 0. The Hall–Kier alpha value is -1.33. The molecule has 1 aromatic carbocycles. The molecule has 0 aliphatic rings. The summed E-state index contributed by atoms with van der Waals surface area (Å²) in [4.78, 5) is 1.28. The van der Waals surface area contributed by atoms with Crippen molar-refractivity contribution < 1.29 is 0 Å². The van der Waals surface area contributed by atoms with Crippen LogP contribution in [0.3, 0.4) is 0 Å². The van der Waals surface area contributed by atoms with E-state index in [4.69, 9.17) is 5.26 Å². The Labute approximate surface area is 94.0 Å². The highest BCUT2D eigenvalue weighted by atomic mass is 32.1. The Kier molecular flexibility index (Phi) is 2.75. The zero-order chi connectivity index (χ0) is 10.8. The molecule has 0 N–H and O–H groups in total. The molecule has 0 fully saturated rings. The number of benzene rings is 1. The Bertz CT molecular complexity index is 519. The molecular weight excluding hydrogens is 202 g/mol. The average Bonchev–Trinajstić information content (AvgIpc) is 2.58. The first-order valence-electron chi connectivity index (χ1n) is 5.15. The highest BCUT2D eigenvalue weighted by molar-refractivity contribution is 7.19. The van der Waals surface area contributed by atoms with Crippen LogP contribution in [-0.2, 0) is 0 Å². The molecule has 1 aromatic heterocycles. The van der Waals surface area contributed by atoms with Gasteiger partial charge in [0.2, 0.25) is 0 Å². The van der Waals surface area contributed by atoms with Gasteiger partial charge in [0.05, 0.1) is 12.0 Å². The van der Waals surface area contributed by atoms with Crippen molar-refractivity contribution >= 4 is 21.4 Å². The molecule has 2 heteroatoms. The lowest BCUT2D eigenvalue weighted by Crippen LogP contribution is -1.93. The van der Waals surface area contributed by atoms with Gasteiger partial charge in [-0.05, 0) is 30.4 Å². The minimum Gasteiger partial charge on any atom is -0.198 e. The van der Waals surface area contributed by atoms with E-state index in [2.05, 4.69) is 38.1 Å². The van der Waals surface area contributed by atoms with Gasteiger partial charge in [0, 0.05) is 9.58 Å². The van der Waals surface area contributed by atoms with E-state index in [0.29, 0.717) is 0 Å². The summed E-state index contributed by atoms with van der Waals surface area (Å²) in [5.41, 5.74) is 1.24. The van der Waals surface area contributed by atoms with E-state index in [1.165, 1.54) is 20.5 Å². The SMILES string of the molecule is CCC(C#N)c1c(C)sc2ccccc12. The van der Waals surface area contributed by atoms with Crippen LogP contribution in [0.4, 0.5) is 0 Å². The first-order chi connectivity index (χ1) is 7.27. The number of hydrogen-bond acceptors (Lipinski definition) is 2. The second-order valence-corrected chi connectivity index (χ2v) is 4.91. The van der Waals surface area contributed by atoms with Gasteiger partial charge in [0.25, 0.3) is 0 Å². The minimum absolute atomic E-state index is 0.0427. The van der Waals surface area contributed by atoms with E-state index in [-0.39, 0.29) is 5.92 Å². The van der Waals surface area contributed by atoms with Crippen molar-refractivity contribution in [2.24, 2.45) is 0 Å². The van der Waals surface area contributed by atoms with E-state index in [1.54, 1.807) is 11.3 Å². The second kappa shape index (κ2) is 4.04. The number of nitrogens with zero attached hydrogens (tertiary/aromatic N) is 1. The highest BCUT2D eigenvalue weighted by Crippen LogP contribution is 2.36. The van der Waals surface area contributed by atoms with Gasteiger partial charge in [-0.15, -0.1) is 11.3 Å². The molecule has 1 atom stereocenters. The molecule has 1 heterocycles. The van der Waals surface area contributed by atoms with Crippen LogP contribution in [0.2, 0.25) is 0 Å². The van der Waals surface area contributed by atoms with E-state index in [1.807, 2.05) is 6.07 Å². The van der Waals surface area contributed by atoms with Crippen LogP contribution < -0.4 is 0 Å². The van der Waals surface area contributed by atoms with Gasteiger partial charge in [-0.1, -0.05) is 25.1 Å². The maximum Gasteiger partial charge on any atom is 0.0726 e. The molecule has 2 rings (SSSR count). The molecule has 0 spiro atoms. The van der Waals surface area contributed by atoms with Crippen LogP contribution >= 0.6 is 11.3 Å². The van der Waals surface area contributed by atoms with E-state index in [0.717, 1.165) is 6.42 Å². The quantitative estimate of drug-likeness (QED) is 0.735. The number of hydrogen-bond donors (Lipinski definition) is 0. The molecule has 1 nitrogen and oxygen atoms in total. The zero-order valence-electron chi connectivity index (χ0n) is 8.95. The van der Waals surface area contributed by atoms with Gasteiger partial charge < -0.3 is 0 Å². The van der Waals surface area contributed by atoms with Gasteiger partial charge in [0.15, 0.2) is 0 Å². The molecule has 76 valence electrons. The molecular formula is C13H13NS. The average molecular weight is 215 g/mol. The van der Waals surface area contributed by atoms with Gasteiger partial charge in [0.1, 0.15) is 0 Å². The predicted molar refractivity (Wildman–Crippen MR) is 65.2 cm³/mol. The maximum atomic E-state index is 9.14. The summed E-state index contributed by atoms with van der Waals surface area (Å²) < 4.78 is 1.29. The van der Waals surface area contributed by atoms with Crippen molar-refractivity contribution in [1.29, 1.82) is 5.26 Å². The normalized spacial score (nSPS) is 12.6. The summed E-state index contributed by atoms with van der Waals surface area (Å²) >= 11 is 1.79. The predicted octanol–water partition coefficient (Wildman–Crippen LogP) is 4.23. The summed E-state index contributed by atoms with van der Waals surface area (Å²) in [6.45, 7) is 4.18. The minimum atomic E-state index is 0.0427. The maximum absolute atomic E-state index is 9.14. The van der Waals surface area contributed by atoms with Crippen LogP contribution in [0.5, 0.6) is 0 Å². The van der Waals surface area contributed by atoms with Crippen LogP contribution in [0.15, 0.2) is 24.3 Å². The van der Waals surface area contributed by atoms with Gasteiger partial charge in [-0.3, -0.25) is 0 Å². The first kappa shape index (κ1) is 10.2. The Morgan fingerprint density at radius 2 is 2.13 bits per heavy atom. The van der Waals surface area contributed by atoms with Crippen molar-refractivity contribution in [2.75, 3.05) is 0 Å². The molecule has 2 aromatic rings. The smallest absolute Gasteiger partial charge is 0.0726 e. The van der Waals surface area contributed by atoms with Crippen LogP contribution in [0.1, 0.15) is 29.7 Å². The fourth-order valence-electron chi connectivity index (χ4n) is 1.98. The van der Waals surface area contributed by atoms with Crippen molar-refractivity contribution in [3.05, 3.63) is 34.7 Å². The van der Waals surface area contributed by atoms with Crippen molar-refractivity contribution in [3.63, 3.8) is 0 Å². The fraction of sp³-hybridized carbons (Fsp3) is 0.308. The van der Waals surface area contributed by atoms with Gasteiger partial charge in [-0.25, -0.2) is 0 Å². The molecule has 0 bridgehead atoms. The lowest BCUT2D eigenvalue weighted by Gasteiger charge is -2.06. The summed E-state index contributed by atoms with van der Waals surface area (Å²) in [6.07, 6.45) is 0.887. The molecule has 0 amide bonds. The van der Waals surface area contributed by atoms with Crippen LogP contribution in [0, 0.1) is 18.3 Å². The molecule has 0 aliphatic heterocycles. The van der Waals surface area contributed by atoms with Crippen molar-refractivity contribution in [2.45, 2.75) is 26.2 Å². The van der Waals surface area contributed by atoms with E-state index >= 15 is 0 Å². The lowest BCUT2D eigenvalue weighted by molar-refractivity contribution is 0.823. The van der Waals surface area contributed by atoms with Crippen molar-refractivity contribution in [1.82, 2.24) is 0 Å². The molecule has 0 saturated heterocycles. The molecule has 1 unspecified atom stereocenters. The topological polar surface area (TPSA) is 23.8 Å². The summed E-state index contributed by atoms with van der Waals surface area (Å²) in [5.74, 6) is 0.0427. The van der Waals surface area contributed by atoms with E-state index < -0.39 is 0 Å². The standard InChI is InChI=1S/C13H13NS/c1-3-10(8-14)13-9(2)15-12-7-5-4-6-11(12)13/h4-7,10H,3H2,1-2H3. The summed E-state index contributed by atoms with van der Waals surface area (Å²) in [6, 6.07) is 10.7. The largest absolute Gasteiger partial charge is 0.198 e. The van der Waals surface area contributed by atoms with Gasteiger partial charge in [-0.2, -0.15) is 5.26 Å². The summed E-state index contributed by atoms with van der Waals surface area (Å²) in [5, 5.41) is 10.4. The highest BCUT2D eigenvalue weighted by Gasteiger charge is 2.16. The Morgan fingerprint density at radius 1 is 1.40 bits per heavy atom. The van der Waals surface area contributed by atoms with Crippen LogP contribution in [-0.4, -0.2) is 0 Å². The Morgan fingerprint density at radius 3 is 2.80 bits per heavy atom. The number of aryl methyl sites for hydroxylation is 1. The van der Waals surface area contributed by atoms with E-state index in [9.17, 15) is 0 Å².